The van der Waals surface area contributed by atoms with Crippen LogP contribution in [-0.2, 0) is 9.24 Å². The van der Waals surface area contributed by atoms with Crippen LogP contribution >= 0.6 is 7.82 Å². The number of Topliss-reactive ketones (excluding diaryl/α,β-unsaturated/α-hetero) is 1. The Labute approximate surface area is 185 Å². The monoisotopic (exact) mass is 468 g/mol. The second-order valence-electron chi connectivity index (χ2n) is 7.13. The molecule has 174 valence electrons. The maximum Gasteiger partial charge on any atom is 0.505 e. The van der Waals surface area contributed by atoms with Gasteiger partial charge < -0.3 is 33.6 Å². The first-order valence-corrected chi connectivity index (χ1v) is 11.2. The van der Waals surface area contributed by atoms with Gasteiger partial charge in [0.25, 0.3) is 0 Å². The van der Waals surface area contributed by atoms with Gasteiger partial charge in [-0.1, -0.05) is 10.7 Å². The average molecular weight is 468 g/mol. The zero-order valence-electron chi connectivity index (χ0n) is 18.1. The minimum atomic E-state index is -4.85. The molecule has 0 bridgehead atoms. The highest BCUT2D eigenvalue weighted by Crippen LogP contribution is 2.48. The standard InChI is InChI=1S/C21H25O10P/c1-26-16-8-5-12(9-17(16)30-31-32(23,24)25)14-6-7-15(14)20(22)13-10-18(27-2)21(29-4)19(11-13)28-3/h5,8-11,14-15H,6-7H2,1-4H3,(H2,23,24,25). The fourth-order valence-electron chi connectivity index (χ4n) is 3.73. The highest BCUT2D eigenvalue weighted by Gasteiger charge is 2.39. The third kappa shape index (κ3) is 4.99. The Morgan fingerprint density at radius 3 is 1.97 bits per heavy atom. The molecular formula is C21H25O10P. The summed E-state index contributed by atoms with van der Waals surface area (Å²) >= 11 is 0. The number of ether oxygens (including phenoxy) is 4. The molecule has 2 unspecified atom stereocenters. The van der Waals surface area contributed by atoms with Crippen molar-refractivity contribution in [1.82, 2.24) is 0 Å². The molecule has 0 saturated heterocycles. The lowest BCUT2D eigenvalue weighted by molar-refractivity contribution is -0.124. The minimum absolute atomic E-state index is 0.000732. The van der Waals surface area contributed by atoms with E-state index < -0.39 is 7.82 Å². The van der Waals surface area contributed by atoms with Crippen LogP contribution in [0.3, 0.4) is 0 Å². The Morgan fingerprint density at radius 2 is 1.50 bits per heavy atom. The molecule has 10 nitrogen and oxygen atoms in total. The Morgan fingerprint density at radius 1 is 0.875 bits per heavy atom. The second kappa shape index (κ2) is 9.79. The van der Waals surface area contributed by atoms with Gasteiger partial charge in [-0.3, -0.25) is 4.79 Å². The third-order valence-electron chi connectivity index (χ3n) is 5.40. The maximum atomic E-state index is 13.3. The Kier molecular flexibility index (Phi) is 7.30. The number of carbonyl (C=O) groups is 1. The zero-order chi connectivity index (χ0) is 23.5. The van der Waals surface area contributed by atoms with Gasteiger partial charge in [-0.15, -0.1) is 0 Å². The van der Waals surface area contributed by atoms with Crippen molar-refractivity contribution in [3.8, 4) is 28.7 Å². The zero-order valence-corrected chi connectivity index (χ0v) is 19.0. The summed E-state index contributed by atoms with van der Waals surface area (Å²) in [6, 6.07) is 8.16. The van der Waals surface area contributed by atoms with Gasteiger partial charge in [-0.05, 0) is 48.6 Å². The van der Waals surface area contributed by atoms with Gasteiger partial charge >= 0.3 is 7.82 Å². The molecule has 0 radical (unpaired) electrons. The molecular weight excluding hydrogens is 443 g/mol. The molecule has 1 aliphatic rings. The molecule has 2 aromatic carbocycles. The number of rotatable bonds is 10. The molecule has 0 spiro atoms. The molecule has 1 saturated carbocycles. The number of hydrogen-bond donors (Lipinski definition) is 2. The normalized spacial score (nSPS) is 17.8. The Balaban J connectivity index is 1.87. The highest BCUT2D eigenvalue weighted by atomic mass is 31.2. The number of hydrogen-bond acceptors (Lipinski definition) is 8. The lowest BCUT2D eigenvalue weighted by atomic mass is 9.67. The van der Waals surface area contributed by atoms with Crippen LogP contribution in [0.1, 0.15) is 34.7 Å². The van der Waals surface area contributed by atoms with E-state index in [9.17, 15) is 9.36 Å². The fraction of sp³-hybridized carbons (Fsp3) is 0.381. The second-order valence-corrected chi connectivity index (χ2v) is 8.26. The summed E-state index contributed by atoms with van der Waals surface area (Å²) in [6.07, 6.45) is 1.44. The van der Waals surface area contributed by atoms with E-state index in [1.165, 1.54) is 28.4 Å². The van der Waals surface area contributed by atoms with Crippen LogP contribution in [0.2, 0.25) is 0 Å². The van der Waals surface area contributed by atoms with Crippen molar-refractivity contribution in [2.75, 3.05) is 28.4 Å². The van der Waals surface area contributed by atoms with Crippen LogP contribution in [0.4, 0.5) is 0 Å². The first-order chi connectivity index (χ1) is 15.2. The van der Waals surface area contributed by atoms with Crippen molar-refractivity contribution in [2.24, 2.45) is 5.92 Å². The van der Waals surface area contributed by atoms with E-state index in [1.807, 2.05) is 0 Å². The first-order valence-electron chi connectivity index (χ1n) is 9.66. The van der Waals surface area contributed by atoms with Crippen LogP contribution in [0.25, 0.3) is 0 Å². The summed E-state index contributed by atoms with van der Waals surface area (Å²) in [6.45, 7) is 0. The minimum Gasteiger partial charge on any atom is -0.493 e. The summed E-state index contributed by atoms with van der Waals surface area (Å²) < 4.78 is 36.3. The van der Waals surface area contributed by atoms with Gasteiger partial charge in [0.05, 0.1) is 28.4 Å². The lowest BCUT2D eigenvalue weighted by Crippen LogP contribution is -2.31. The number of carbonyl (C=O) groups excluding carboxylic acids is 1. The predicted molar refractivity (Wildman–Crippen MR) is 113 cm³/mol. The highest BCUT2D eigenvalue weighted by molar-refractivity contribution is 7.46. The van der Waals surface area contributed by atoms with Crippen LogP contribution < -0.4 is 23.8 Å². The molecule has 2 N–H and O–H groups in total. The Hall–Kier alpha value is -2.78. The van der Waals surface area contributed by atoms with E-state index in [2.05, 4.69) is 4.67 Å². The van der Waals surface area contributed by atoms with Gasteiger partial charge in [0.15, 0.2) is 23.0 Å². The van der Waals surface area contributed by atoms with E-state index in [0.29, 0.717) is 29.2 Å². The molecule has 3 rings (SSSR count). The SMILES string of the molecule is COc1ccc(C2CCC2C(=O)c2cc(OC)c(OC)c(OC)c2)cc1OOP(=O)(O)O. The number of methoxy groups -OCH3 is 4. The van der Waals surface area contributed by atoms with Gasteiger partial charge in [0.1, 0.15) is 0 Å². The fourth-order valence-corrected chi connectivity index (χ4v) is 3.91. The van der Waals surface area contributed by atoms with Crippen LogP contribution in [0, 0.1) is 5.92 Å². The van der Waals surface area contributed by atoms with E-state index in [-0.39, 0.29) is 29.1 Å². The summed E-state index contributed by atoms with van der Waals surface area (Å²) in [7, 11) is 0.993. The predicted octanol–water partition coefficient (Wildman–Crippen LogP) is 3.50. The third-order valence-corrected chi connectivity index (χ3v) is 5.67. The largest absolute Gasteiger partial charge is 0.505 e. The van der Waals surface area contributed by atoms with Gasteiger partial charge in [-0.25, -0.2) is 4.57 Å². The van der Waals surface area contributed by atoms with E-state index in [4.69, 9.17) is 33.6 Å². The van der Waals surface area contributed by atoms with Crippen molar-refractivity contribution in [3.05, 3.63) is 41.5 Å². The first kappa shape index (κ1) is 23.9. The maximum absolute atomic E-state index is 13.3. The van der Waals surface area contributed by atoms with E-state index in [0.717, 1.165) is 12.0 Å². The van der Waals surface area contributed by atoms with Gasteiger partial charge in [0, 0.05) is 11.5 Å². The molecule has 1 aliphatic carbocycles. The molecule has 11 heteroatoms. The average Bonchev–Trinajstić information content (AvgIpc) is 2.75. The summed E-state index contributed by atoms with van der Waals surface area (Å²) in [4.78, 5) is 35.9. The molecule has 0 aromatic heterocycles. The number of phosphoric acid groups is 1. The van der Waals surface area contributed by atoms with Crippen molar-refractivity contribution in [1.29, 1.82) is 0 Å². The topological polar surface area (TPSA) is 130 Å². The van der Waals surface area contributed by atoms with E-state index >= 15 is 0 Å². The molecule has 0 aliphatic heterocycles. The Bertz CT molecular complexity index is 1010. The summed E-state index contributed by atoms with van der Waals surface area (Å²) in [5.74, 6) is 0.908. The van der Waals surface area contributed by atoms with Gasteiger partial charge in [-0.2, -0.15) is 0 Å². The molecule has 1 fully saturated rings. The van der Waals surface area contributed by atoms with E-state index in [1.54, 1.807) is 30.3 Å². The van der Waals surface area contributed by atoms with Gasteiger partial charge in [0.2, 0.25) is 11.5 Å². The van der Waals surface area contributed by atoms with Crippen LogP contribution in [0.5, 0.6) is 28.7 Å². The molecule has 0 heterocycles. The number of benzene rings is 2. The summed E-state index contributed by atoms with van der Waals surface area (Å²) in [5, 5.41) is 0. The molecule has 0 amide bonds. The smallest absolute Gasteiger partial charge is 0.493 e. The van der Waals surface area contributed by atoms with Crippen LogP contribution in [-0.4, -0.2) is 44.0 Å². The quantitative estimate of drug-likeness (QED) is 0.231. The molecule has 32 heavy (non-hydrogen) atoms. The lowest BCUT2D eigenvalue weighted by Gasteiger charge is -2.36. The number of ketones is 1. The molecule has 2 atom stereocenters. The van der Waals surface area contributed by atoms with Crippen LogP contribution in [0.15, 0.2) is 30.3 Å². The van der Waals surface area contributed by atoms with Crippen molar-refractivity contribution in [2.45, 2.75) is 18.8 Å². The summed E-state index contributed by atoms with van der Waals surface area (Å²) in [5.41, 5.74) is 1.19. The molecule has 2 aromatic rings. The van der Waals surface area contributed by atoms with Crippen molar-refractivity contribution in [3.63, 3.8) is 0 Å². The van der Waals surface area contributed by atoms with Crippen molar-refractivity contribution >= 4 is 13.6 Å². The van der Waals surface area contributed by atoms with Crippen molar-refractivity contribution < 1.29 is 47.7 Å².